The molecule has 1 N–H and O–H groups in total. The van der Waals surface area contributed by atoms with Gasteiger partial charge in [0.15, 0.2) is 0 Å². The molecule has 144 valence electrons. The van der Waals surface area contributed by atoms with Crippen molar-refractivity contribution in [1.82, 2.24) is 5.32 Å². The average Bonchev–Trinajstić information content (AvgIpc) is 2.70. The van der Waals surface area contributed by atoms with Gasteiger partial charge in [0.05, 0.1) is 0 Å². The van der Waals surface area contributed by atoms with Gasteiger partial charge in [-0.3, -0.25) is 4.79 Å². The highest BCUT2D eigenvalue weighted by atomic mass is 79.9. The second kappa shape index (κ2) is 9.11. The Balaban J connectivity index is 1.80. The first-order valence-corrected chi connectivity index (χ1v) is 9.87. The molecule has 0 fully saturated rings. The van der Waals surface area contributed by atoms with Crippen LogP contribution in [0.5, 0.6) is 0 Å². The summed E-state index contributed by atoms with van der Waals surface area (Å²) < 4.78 is 28.4. The summed E-state index contributed by atoms with van der Waals surface area (Å²) >= 11 is 3.33. The van der Waals surface area contributed by atoms with Crippen LogP contribution in [0.15, 0.2) is 77.3 Å². The van der Waals surface area contributed by atoms with Crippen LogP contribution in [-0.2, 0) is 0 Å². The minimum absolute atomic E-state index is 0.0336. The third-order valence-electron chi connectivity index (χ3n) is 4.71. The van der Waals surface area contributed by atoms with Crippen molar-refractivity contribution in [3.8, 4) is 0 Å². The monoisotopic (exact) mass is 443 g/mol. The van der Waals surface area contributed by atoms with Gasteiger partial charge in [-0.05, 0) is 59.5 Å². The van der Waals surface area contributed by atoms with Crippen molar-refractivity contribution in [2.24, 2.45) is 0 Å². The van der Waals surface area contributed by atoms with Crippen molar-refractivity contribution < 1.29 is 13.6 Å². The molecule has 0 spiro atoms. The van der Waals surface area contributed by atoms with Crippen molar-refractivity contribution >= 4 is 38.2 Å². The largest absolute Gasteiger partial charge is 0.349 e. The van der Waals surface area contributed by atoms with E-state index >= 15 is 0 Å². The summed E-state index contributed by atoms with van der Waals surface area (Å²) in [6.45, 7) is 1.88. The predicted octanol–water partition coefficient (Wildman–Crippen LogP) is 6.81. The summed E-state index contributed by atoms with van der Waals surface area (Å²) in [5.74, 6) is -0.267. The molecule has 0 aliphatic rings. The van der Waals surface area contributed by atoms with E-state index in [4.69, 9.17) is 0 Å². The van der Waals surface area contributed by atoms with Crippen molar-refractivity contribution in [1.29, 1.82) is 0 Å². The molecule has 1 atom stereocenters. The number of benzene rings is 3. The van der Waals surface area contributed by atoms with Crippen LogP contribution in [0, 0.1) is 0 Å². The third-order valence-corrected chi connectivity index (χ3v) is 5.24. The van der Waals surface area contributed by atoms with E-state index in [9.17, 15) is 13.6 Å². The van der Waals surface area contributed by atoms with Crippen LogP contribution in [0.2, 0.25) is 0 Å². The lowest BCUT2D eigenvalue weighted by molar-refractivity contribution is 0.0936. The van der Waals surface area contributed by atoms with Crippen LogP contribution in [0.1, 0.15) is 35.7 Å². The average molecular weight is 444 g/mol. The Morgan fingerprint density at radius 2 is 1.61 bits per heavy atom. The minimum atomic E-state index is -1.72. The van der Waals surface area contributed by atoms with Crippen molar-refractivity contribution in [2.45, 2.75) is 25.8 Å². The van der Waals surface area contributed by atoms with Crippen LogP contribution >= 0.6 is 15.9 Å². The number of rotatable bonds is 6. The number of amides is 1. The highest BCUT2D eigenvalue weighted by Gasteiger charge is 2.18. The number of halogens is 3. The fourth-order valence-electron chi connectivity index (χ4n) is 3.09. The van der Waals surface area contributed by atoms with Crippen molar-refractivity contribution in [3.63, 3.8) is 0 Å². The summed E-state index contributed by atoms with van der Waals surface area (Å²) in [6.07, 6.45) is -1.10. The molecule has 3 aromatic carbocycles. The van der Waals surface area contributed by atoms with E-state index in [-0.39, 0.29) is 23.9 Å². The Kier molecular flexibility index (Phi) is 6.57. The normalized spacial score (nSPS) is 11.9. The lowest BCUT2D eigenvalue weighted by atomic mass is 9.96. The first kappa shape index (κ1) is 20.2. The van der Waals surface area contributed by atoms with Gasteiger partial charge in [0.25, 0.3) is 12.0 Å². The molecular weight excluding hydrogens is 424 g/mol. The maximum absolute atomic E-state index is 13.7. The van der Waals surface area contributed by atoms with Crippen LogP contribution in [0.4, 0.5) is 8.78 Å². The second-order valence-corrected chi connectivity index (χ2v) is 7.51. The number of fused-ring (bicyclic) bond motifs is 1. The zero-order valence-corrected chi connectivity index (χ0v) is 17.0. The maximum Gasteiger partial charge on any atom is 0.274 e. The van der Waals surface area contributed by atoms with E-state index in [0.717, 1.165) is 15.2 Å². The van der Waals surface area contributed by atoms with Crippen LogP contribution in [0.3, 0.4) is 0 Å². The molecule has 0 radical (unpaired) electrons. The van der Waals surface area contributed by atoms with Gasteiger partial charge in [-0.15, -0.1) is 0 Å². The van der Waals surface area contributed by atoms with Crippen molar-refractivity contribution in [3.05, 3.63) is 88.4 Å². The molecule has 3 rings (SSSR count). The lowest BCUT2D eigenvalue weighted by Crippen LogP contribution is -2.34. The highest BCUT2D eigenvalue weighted by molar-refractivity contribution is 9.10. The Bertz CT molecular complexity index is 1010. The van der Waals surface area contributed by atoms with Gasteiger partial charge >= 0.3 is 0 Å². The molecule has 0 bridgehead atoms. The Morgan fingerprint density at radius 1 is 0.964 bits per heavy atom. The van der Waals surface area contributed by atoms with Crippen LogP contribution in [0.25, 0.3) is 16.3 Å². The first-order valence-electron chi connectivity index (χ1n) is 9.07. The molecule has 0 heterocycles. The predicted molar refractivity (Wildman–Crippen MR) is 113 cm³/mol. The summed E-state index contributed by atoms with van der Waals surface area (Å²) in [4.78, 5) is 12.5. The molecule has 28 heavy (non-hydrogen) atoms. The smallest absolute Gasteiger partial charge is 0.274 e. The molecule has 3 aromatic rings. The van der Waals surface area contributed by atoms with Gasteiger partial charge < -0.3 is 5.32 Å². The zero-order valence-electron chi connectivity index (χ0n) is 15.4. The Morgan fingerprint density at radius 3 is 2.25 bits per heavy atom. The van der Waals surface area contributed by atoms with E-state index in [1.54, 1.807) is 36.4 Å². The third kappa shape index (κ3) is 4.84. The molecule has 0 saturated carbocycles. The highest BCUT2D eigenvalue weighted by Crippen LogP contribution is 2.29. The minimum Gasteiger partial charge on any atom is -0.349 e. The van der Waals surface area contributed by atoms with Gasteiger partial charge in [0, 0.05) is 21.7 Å². The first-order chi connectivity index (χ1) is 13.5. The fraction of sp³-hybridized carbons (Fsp3) is 0.174. The van der Waals surface area contributed by atoms with E-state index in [1.165, 1.54) is 0 Å². The van der Waals surface area contributed by atoms with E-state index in [2.05, 4.69) is 21.2 Å². The summed E-state index contributed by atoms with van der Waals surface area (Å²) in [5.41, 5.74) is 0.947. The van der Waals surface area contributed by atoms with E-state index in [1.807, 2.05) is 37.3 Å². The molecule has 2 nitrogen and oxygen atoms in total. The SMILES string of the molecule is CCC(CC(=C(F)F)c1ccc2ccccc2c1)NC(=O)c1ccc(Br)cc1. The standard InChI is InChI=1S/C23H20BrF2NO/c1-2-20(27-23(28)16-9-11-19(24)12-10-16)14-21(22(25)26)18-8-7-15-5-3-4-6-17(15)13-18/h3-13,20H,2,14H2,1H3,(H,27,28). The zero-order chi connectivity index (χ0) is 20.1. The lowest BCUT2D eigenvalue weighted by Gasteiger charge is -2.19. The molecule has 1 amide bonds. The number of carbonyl (C=O) groups is 1. The van der Waals surface area contributed by atoms with Crippen molar-refractivity contribution in [2.75, 3.05) is 0 Å². The molecule has 0 aliphatic heterocycles. The molecule has 0 saturated heterocycles. The molecule has 0 aromatic heterocycles. The molecule has 5 heteroatoms. The Labute approximate surface area is 171 Å². The second-order valence-electron chi connectivity index (χ2n) is 6.59. The molecule has 1 unspecified atom stereocenters. The molecular formula is C23H20BrF2NO. The Hall–Kier alpha value is -2.53. The van der Waals surface area contributed by atoms with E-state index < -0.39 is 6.08 Å². The van der Waals surface area contributed by atoms with Gasteiger partial charge in [0.2, 0.25) is 0 Å². The van der Waals surface area contributed by atoms with Gasteiger partial charge in [-0.25, -0.2) is 0 Å². The number of carbonyl (C=O) groups excluding carboxylic acids is 1. The van der Waals surface area contributed by atoms with Gasteiger partial charge in [-0.2, -0.15) is 8.78 Å². The number of nitrogens with one attached hydrogen (secondary N) is 1. The quantitative estimate of drug-likeness (QED) is 0.445. The topological polar surface area (TPSA) is 29.1 Å². The van der Waals surface area contributed by atoms with Gasteiger partial charge in [0.1, 0.15) is 0 Å². The number of hydrogen-bond acceptors (Lipinski definition) is 1. The van der Waals surface area contributed by atoms with Crippen LogP contribution < -0.4 is 5.32 Å². The maximum atomic E-state index is 13.7. The van der Waals surface area contributed by atoms with E-state index in [0.29, 0.717) is 17.5 Å². The number of hydrogen-bond donors (Lipinski definition) is 1. The van der Waals surface area contributed by atoms with Crippen LogP contribution in [-0.4, -0.2) is 11.9 Å². The molecule has 0 aliphatic carbocycles. The summed E-state index contributed by atoms with van der Waals surface area (Å²) in [6, 6.07) is 19.5. The fourth-order valence-corrected chi connectivity index (χ4v) is 3.36. The summed E-state index contributed by atoms with van der Waals surface area (Å²) in [7, 11) is 0. The van der Waals surface area contributed by atoms with Gasteiger partial charge in [-0.1, -0.05) is 59.3 Å². The summed E-state index contributed by atoms with van der Waals surface area (Å²) in [5, 5.41) is 4.78.